The van der Waals surface area contributed by atoms with Crippen molar-refractivity contribution in [1.82, 2.24) is 0 Å². The standard InChI is InChI=1S/C11H14N2OS/c1-10(2)7-6(5-12)9(13)15-8(7)11(3,4)14-10/h13H2,1-4H3. The normalized spacial score (nSPS) is 21.0. The van der Waals surface area contributed by atoms with E-state index in [0.29, 0.717) is 10.6 Å². The topological polar surface area (TPSA) is 59.0 Å². The summed E-state index contributed by atoms with van der Waals surface area (Å²) < 4.78 is 5.95. The highest BCUT2D eigenvalue weighted by Crippen LogP contribution is 2.53. The van der Waals surface area contributed by atoms with Crippen molar-refractivity contribution in [3.8, 4) is 6.07 Å². The van der Waals surface area contributed by atoms with Gasteiger partial charge in [0.15, 0.2) is 0 Å². The summed E-state index contributed by atoms with van der Waals surface area (Å²) in [5.41, 5.74) is 6.64. The van der Waals surface area contributed by atoms with E-state index in [1.807, 2.05) is 27.7 Å². The smallest absolute Gasteiger partial charge is 0.104 e. The molecule has 2 heterocycles. The van der Waals surface area contributed by atoms with Crippen molar-refractivity contribution in [2.24, 2.45) is 0 Å². The first kappa shape index (κ1) is 10.5. The minimum Gasteiger partial charge on any atom is -0.389 e. The summed E-state index contributed by atoms with van der Waals surface area (Å²) in [5, 5.41) is 9.70. The number of fused-ring (bicyclic) bond motifs is 1. The van der Waals surface area contributed by atoms with Crippen molar-refractivity contribution in [1.29, 1.82) is 5.26 Å². The molecular formula is C11H14N2OS. The second kappa shape index (κ2) is 2.75. The maximum Gasteiger partial charge on any atom is 0.104 e. The van der Waals surface area contributed by atoms with E-state index >= 15 is 0 Å². The van der Waals surface area contributed by atoms with Crippen molar-refractivity contribution < 1.29 is 4.74 Å². The molecule has 2 rings (SSSR count). The fourth-order valence-corrected chi connectivity index (χ4v) is 3.50. The molecule has 0 aliphatic carbocycles. The maximum absolute atomic E-state index is 9.10. The molecule has 0 fully saturated rings. The monoisotopic (exact) mass is 222 g/mol. The molecule has 0 spiro atoms. The van der Waals surface area contributed by atoms with Crippen molar-refractivity contribution in [3.05, 3.63) is 16.0 Å². The lowest BCUT2D eigenvalue weighted by Crippen LogP contribution is -2.23. The molecular weight excluding hydrogens is 208 g/mol. The van der Waals surface area contributed by atoms with Crippen LogP contribution < -0.4 is 5.73 Å². The lowest BCUT2D eigenvalue weighted by atomic mass is 9.95. The van der Waals surface area contributed by atoms with Crippen molar-refractivity contribution in [2.75, 3.05) is 5.73 Å². The highest BCUT2D eigenvalue weighted by molar-refractivity contribution is 7.16. The quantitative estimate of drug-likeness (QED) is 0.734. The molecule has 0 saturated heterocycles. The fraction of sp³-hybridized carbons (Fsp3) is 0.545. The molecule has 0 aromatic carbocycles. The highest BCUT2D eigenvalue weighted by atomic mass is 32.1. The Balaban J connectivity index is 2.77. The molecule has 0 atom stereocenters. The average molecular weight is 222 g/mol. The fourth-order valence-electron chi connectivity index (χ4n) is 2.29. The molecule has 3 nitrogen and oxygen atoms in total. The van der Waals surface area contributed by atoms with Gasteiger partial charge in [0.1, 0.15) is 11.1 Å². The van der Waals surface area contributed by atoms with Gasteiger partial charge >= 0.3 is 0 Å². The van der Waals surface area contributed by atoms with Gasteiger partial charge in [-0.05, 0) is 27.7 Å². The minimum absolute atomic E-state index is 0.341. The first-order valence-corrected chi connectivity index (χ1v) is 5.65. The number of anilines is 1. The van der Waals surface area contributed by atoms with Crippen LogP contribution in [-0.2, 0) is 15.9 Å². The van der Waals surface area contributed by atoms with Crippen molar-refractivity contribution >= 4 is 16.3 Å². The Morgan fingerprint density at radius 1 is 1.27 bits per heavy atom. The van der Waals surface area contributed by atoms with Crippen LogP contribution in [0.2, 0.25) is 0 Å². The Kier molecular flexibility index (Phi) is 1.92. The first-order chi connectivity index (χ1) is 6.79. The minimum atomic E-state index is -0.419. The SMILES string of the molecule is CC1(C)OC(C)(C)c2c1sc(N)c2C#N. The van der Waals surface area contributed by atoms with Gasteiger partial charge in [0, 0.05) is 10.4 Å². The highest BCUT2D eigenvalue weighted by Gasteiger charge is 2.47. The third-order valence-corrected chi connectivity index (χ3v) is 4.03. The number of thiophene rings is 1. The van der Waals surface area contributed by atoms with E-state index in [4.69, 9.17) is 15.7 Å². The predicted molar refractivity (Wildman–Crippen MR) is 60.6 cm³/mol. The molecule has 80 valence electrons. The molecule has 1 aromatic heterocycles. The second-order valence-corrected chi connectivity index (χ2v) is 5.83. The van der Waals surface area contributed by atoms with E-state index in [2.05, 4.69) is 6.07 Å². The number of nitriles is 1. The van der Waals surface area contributed by atoms with Crippen LogP contribution in [-0.4, -0.2) is 0 Å². The van der Waals surface area contributed by atoms with Crippen molar-refractivity contribution in [3.63, 3.8) is 0 Å². The van der Waals surface area contributed by atoms with E-state index in [1.54, 1.807) is 0 Å². The van der Waals surface area contributed by atoms with Crippen LogP contribution in [0.25, 0.3) is 0 Å². The Morgan fingerprint density at radius 2 is 1.87 bits per heavy atom. The van der Waals surface area contributed by atoms with E-state index in [0.717, 1.165) is 10.4 Å². The first-order valence-electron chi connectivity index (χ1n) is 4.83. The van der Waals surface area contributed by atoms with Crippen LogP contribution in [0.3, 0.4) is 0 Å². The molecule has 0 amide bonds. The Hall–Kier alpha value is -1.05. The summed E-state index contributed by atoms with van der Waals surface area (Å²) in [6, 6.07) is 2.17. The summed E-state index contributed by atoms with van der Waals surface area (Å²) in [4.78, 5) is 1.08. The van der Waals surface area contributed by atoms with E-state index in [1.165, 1.54) is 11.3 Å². The van der Waals surface area contributed by atoms with Crippen molar-refractivity contribution in [2.45, 2.75) is 38.9 Å². The number of hydrogen-bond acceptors (Lipinski definition) is 4. The third-order valence-electron chi connectivity index (χ3n) is 2.71. The van der Waals surface area contributed by atoms with Crippen LogP contribution in [0.15, 0.2) is 0 Å². The molecule has 0 unspecified atom stereocenters. The lowest BCUT2D eigenvalue weighted by Gasteiger charge is -2.25. The van der Waals surface area contributed by atoms with Gasteiger partial charge in [-0.1, -0.05) is 0 Å². The zero-order chi connectivity index (χ0) is 11.4. The molecule has 1 aliphatic heterocycles. The number of nitrogen functional groups attached to an aromatic ring is 1. The van der Waals surface area contributed by atoms with E-state index in [9.17, 15) is 0 Å². The Bertz CT molecular complexity index is 466. The number of hydrogen-bond donors (Lipinski definition) is 1. The number of nitrogens with zero attached hydrogens (tertiary/aromatic N) is 1. The summed E-state index contributed by atoms with van der Waals surface area (Å²) in [5.74, 6) is 0. The number of rotatable bonds is 0. The second-order valence-electron chi connectivity index (χ2n) is 4.78. The van der Waals surface area contributed by atoms with Gasteiger partial charge in [0.2, 0.25) is 0 Å². The molecule has 0 bridgehead atoms. The Labute approximate surface area is 93.5 Å². The summed E-state index contributed by atoms with van der Waals surface area (Å²) in [6.45, 7) is 7.98. The van der Waals surface area contributed by atoms with Gasteiger partial charge in [0.25, 0.3) is 0 Å². The number of ether oxygens (including phenoxy) is 1. The molecule has 1 aromatic rings. The van der Waals surface area contributed by atoms with Gasteiger partial charge in [-0.15, -0.1) is 11.3 Å². The van der Waals surface area contributed by atoms with Gasteiger partial charge in [-0.25, -0.2) is 0 Å². The van der Waals surface area contributed by atoms with Crippen LogP contribution in [0.5, 0.6) is 0 Å². The molecule has 1 aliphatic rings. The van der Waals surface area contributed by atoms with Gasteiger partial charge in [-0.2, -0.15) is 5.26 Å². The molecule has 0 saturated carbocycles. The summed E-state index contributed by atoms with van der Waals surface area (Å²) in [6.07, 6.45) is 0. The third kappa shape index (κ3) is 1.27. The zero-order valence-electron chi connectivity index (χ0n) is 9.34. The molecule has 4 heteroatoms. The van der Waals surface area contributed by atoms with Crippen LogP contribution in [0.1, 0.15) is 43.7 Å². The van der Waals surface area contributed by atoms with E-state index in [-0.39, 0.29) is 5.60 Å². The number of nitrogens with two attached hydrogens (primary N) is 1. The molecule has 15 heavy (non-hydrogen) atoms. The average Bonchev–Trinajstić information content (AvgIpc) is 2.48. The molecule has 2 N–H and O–H groups in total. The van der Waals surface area contributed by atoms with Gasteiger partial charge in [0.05, 0.1) is 16.8 Å². The Morgan fingerprint density at radius 3 is 2.40 bits per heavy atom. The maximum atomic E-state index is 9.10. The largest absolute Gasteiger partial charge is 0.389 e. The van der Waals surface area contributed by atoms with Crippen LogP contribution in [0, 0.1) is 11.3 Å². The predicted octanol–water partition coefficient (Wildman–Crippen LogP) is 2.70. The van der Waals surface area contributed by atoms with Crippen LogP contribution >= 0.6 is 11.3 Å². The van der Waals surface area contributed by atoms with Crippen LogP contribution in [0.4, 0.5) is 5.00 Å². The summed E-state index contributed by atoms with van der Waals surface area (Å²) >= 11 is 1.47. The lowest BCUT2D eigenvalue weighted by molar-refractivity contribution is -0.104. The summed E-state index contributed by atoms with van der Waals surface area (Å²) in [7, 11) is 0. The van der Waals surface area contributed by atoms with Gasteiger partial charge in [-0.3, -0.25) is 0 Å². The zero-order valence-corrected chi connectivity index (χ0v) is 10.2. The molecule has 0 radical (unpaired) electrons. The van der Waals surface area contributed by atoms with E-state index < -0.39 is 5.60 Å². The van der Waals surface area contributed by atoms with Gasteiger partial charge < -0.3 is 10.5 Å².